The van der Waals surface area contributed by atoms with Crippen LogP contribution in [-0.2, 0) is 13.0 Å². The van der Waals surface area contributed by atoms with Crippen molar-refractivity contribution in [3.63, 3.8) is 0 Å². The molecule has 0 aliphatic heterocycles. The molecule has 0 spiro atoms. The van der Waals surface area contributed by atoms with E-state index in [-0.39, 0.29) is 5.82 Å². The van der Waals surface area contributed by atoms with Gasteiger partial charge in [-0.05, 0) is 80.1 Å². The van der Waals surface area contributed by atoms with Gasteiger partial charge >= 0.3 is 0 Å². The minimum atomic E-state index is -0.208. The van der Waals surface area contributed by atoms with E-state index in [0.717, 1.165) is 48.8 Å². The molecule has 1 saturated carbocycles. The number of nitrogens with one attached hydrogen (secondary N) is 1. The second-order valence-electron chi connectivity index (χ2n) is 8.83. The van der Waals surface area contributed by atoms with Crippen LogP contribution >= 0.6 is 0 Å². The van der Waals surface area contributed by atoms with Gasteiger partial charge in [-0.2, -0.15) is 0 Å². The third-order valence-corrected chi connectivity index (χ3v) is 6.39. The van der Waals surface area contributed by atoms with Gasteiger partial charge in [0.2, 0.25) is 5.95 Å². The maximum Gasteiger partial charge on any atom is 0.223 e. The largest absolute Gasteiger partial charge is 0.354 e. The van der Waals surface area contributed by atoms with Gasteiger partial charge in [-0.3, -0.25) is 4.90 Å². The molecule has 1 aliphatic carbocycles. The Morgan fingerprint density at radius 3 is 2.79 bits per heavy atom. The Labute approximate surface area is 196 Å². The van der Waals surface area contributed by atoms with Crippen molar-refractivity contribution in [1.82, 2.24) is 14.9 Å². The van der Waals surface area contributed by atoms with E-state index in [0.29, 0.717) is 25.0 Å². The summed E-state index contributed by atoms with van der Waals surface area (Å²) in [5.41, 5.74) is 9.93. The smallest absolute Gasteiger partial charge is 0.223 e. The van der Waals surface area contributed by atoms with E-state index in [1.807, 2.05) is 12.1 Å². The van der Waals surface area contributed by atoms with E-state index in [2.05, 4.69) is 46.4 Å². The normalized spacial score (nSPS) is 17.3. The number of anilines is 1. The molecule has 0 amide bonds. The molecule has 1 aliphatic rings. The second-order valence-corrected chi connectivity index (χ2v) is 8.83. The minimum absolute atomic E-state index is 0.208. The quantitative estimate of drug-likeness (QED) is 0.414. The van der Waals surface area contributed by atoms with Gasteiger partial charge in [0.05, 0.1) is 5.69 Å². The number of aromatic nitrogens is 2. The maximum atomic E-state index is 13.4. The Hall–Kier alpha value is -2.83. The monoisotopic (exact) mass is 447 g/mol. The van der Waals surface area contributed by atoms with Crippen LogP contribution in [0.15, 0.2) is 60.8 Å². The van der Waals surface area contributed by atoms with Crippen molar-refractivity contribution in [3.8, 4) is 11.3 Å². The molecule has 0 saturated heterocycles. The van der Waals surface area contributed by atoms with Gasteiger partial charge in [0.1, 0.15) is 5.82 Å². The SMILES string of the molecule is CCN(Cc1cccc(-c2ccnc(NCCc3cccc(F)c3)n2)c1)C1C[C@H]1CCCN. The number of benzene rings is 2. The van der Waals surface area contributed by atoms with Crippen LogP contribution in [0.25, 0.3) is 11.3 Å². The number of nitrogens with zero attached hydrogens (tertiary/aromatic N) is 3. The van der Waals surface area contributed by atoms with Gasteiger partial charge in [-0.15, -0.1) is 0 Å². The molecule has 33 heavy (non-hydrogen) atoms. The molecule has 3 aromatic rings. The molecule has 2 atom stereocenters. The lowest BCUT2D eigenvalue weighted by molar-refractivity contribution is 0.254. The van der Waals surface area contributed by atoms with Gasteiger partial charge in [-0.1, -0.05) is 37.3 Å². The van der Waals surface area contributed by atoms with Crippen molar-refractivity contribution in [3.05, 3.63) is 77.7 Å². The highest BCUT2D eigenvalue weighted by Crippen LogP contribution is 2.40. The summed E-state index contributed by atoms with van der Waals surface area (Å²) in [7, 11) is 0. The average Bonchev–Trinajstić information content (AvgIpc) is 3.61. The first-order chi connectivity index (χ1) is 16.2. The summed E-state index contributed by atoms with van der Waals surface area (Å²) >= 11 is 0. The minimum Gasteiger partial charge on any atom is -0.354 e. The highest BCUT2D eigenvalue weighted by molar-refractivity contribution is 5.61. The molecule has 3 N–H and O–H groups in total. The first-order valence-electron chi connectivity index (χ1n) is 12.0. The van der Waals surface area contributed by atoms with Crippen LogP contribution in [0.5, 0.6) is 0 Å². The average molecular weight is 448 g/mol. The molecule has 2 aromatic carbocycles. The van der Waals surface area contributed by atoms with Crippen molar-refractivity contribution in [1.29, 1.82) is 0 Å². The summed E-state index contributed by atoms with van der Waals surface area (Å²) in [6, 6.07) is 18.0. The van der Waals surface area contributed by atoms with E-state index >= 15 is 0 Å². The summed E-state index contributed by atoms with van der Waals surface area (Å²) in [6.45, 7) is 5.69. The first kappa shape index (κ1) is 23.3. The van der Waals surface area contributed by atoms with Gasteiger partial charge < -0.3 is 11.1 Å². The Kier molecular flexibility index (Phi) is 8.02. The Morgan fingerprint density at radius 1 is 1.12 bits per heavy atom. The molecule has 5 nitrogen and oxygen atoms in total. The number of hydrogen-bond donors (Lipinski definition) is 2. The summed E-state index contributed by atoms with van der Waals surface area (Å²) in [5, 5.41) is 3.26. The molecule has 4 rings (SSSR count). The highest BCUT2D eigenvalue weighted by atomic mass is 19.1. The zero-order chi connectivity index (χ0) is 23.0. The summed E-state index contributed by atoms with van der Waals surface area (Å²) in [6.07, 6.45) is 6.16. The standard InChI is InChI=1S/C27H34FN5/c1-2-33(26-18-23(26)9-5-13-29)19-21-7-3-8-22(16-21)25-12-15-31-27(32-25)30-14-11-20-6-4-10-24(28)17-20/h3-4,6-8,10,12,15-17,23,26H,2,5,9,11,13-14,18-19,29H2,1H3,(H,30,31,32)/t23-,26?/m1/s1. The van der Waals surface area contributed by atoms with E-state index in [1.54, 1.807) is 18.3 Å². The third-order valence-electron chi connectivity index (χ3n) is 6.39. The molecule has 6 heteroatoms. The Morgan fingerprint density at radius 2 is 1.97 bits per heavy atom. The molecular formula is C27H34FN5. The van der Waals surface area contributed by atoms with E-state index in [9.17, 15) is 4.39 Å². The fourth-order valence-corrected chi connectivity index (χ4v) is 4.51. The van der Waals surface area contributed by atoms with Crippen molar-refractivity contribution in [2.24, 2.45) is 11.7 Å². The van der Waals surface area contributed by atoms with Crippen LogP contribution in [0.1, 0.15) is 37.3 Å². The maximum absolute atomic E-state index is 13.4. The van der Waals surface area contributed by atoms with Crippen molar-refractivity contribution in [2.45, 2.75) is 45.2 Å². The zero-order valence-electron chi connectivity index (χ0n) is 19.4. The molecule has 1 unspecified atom stereocenters. The van der Waals surface area contributed by atoms with Crippen LogP contribution in [0.3, 0.4) is 0 Å². The predicted molar refractivity (Wildman–Crippen MR) is 132 cm³/mol. The lowest BCUT2D eigenvalue weighted by Gasteiger charge is -2.21. The molecule has 1 fully saturated rings. The number of hydrogen-bond acceptors (Lipinski definition) is 5. The van der Waals surface area contributed by atoms with Gasteiger partial charge in [0, 0.05) is 30.9 Å². The lowest BCUT2D eigenvalue weighted by Crippen LogP contribution is -2.26. The number of nitrogens with two attached hydrogens (primary N) is 1. The Balaban J connectivity index is 1.36. The topological polar surface area (TPSA) is 67.1 Å². The molecule has 0 radical (unpaired) electrons. The second kappa shape index (κ2) is 11.3. The fourth-order valence-electron chi connectivity index (χ4n) is 4.51. The fraction of sp³-hybridized carbons (Fsp3) is 0.407. The predicted octanol–water partition coefficient (Wildman–Crippen LogP) is 4.89. The molecule has 1 aromatic heterocycles. The summed E-state index contributed by atoms with van der Waals surface area (Å²) in [5.74, 6) is 1.19. The van der Waals surface area contributed by atoms with Crippen molar-refractivity contribution >= 4 is 5.95 Å². The highest BCUT2D eigenvalue weighted by Gasteiger charge is 2.40. The van der Waals surface area contributed by atoms with E-state index in [1.165, 1.54) is 24.5 Å². The first-order valence-corrected chi connectivity index (χ1v) is 12.0. The zero-order valence-corrected chi connectivity index (χ0v) is 19.4. The molecule has 1 heterocycles. The van der Waals surface area contributed by atoms with Crippen molar-refractivity contribution in [2.75, 3.05) is 25.0 Å². The van der Waals surface area contributed by atoms with E-state index < -0.39 is 0 Å². The van der Waals surface area contributed by atoms with Gasteiger partial charge in [0.15, 0.2) is 0 Å². The Bertz CT molecular complexity index is 1040. The summed E-state index contributed by atoms with van der Waals surface area (Å²) in [4.78, 5) is 11.6. The van der Waals surface area contributed by atoms with Gasteiger partial charge in [0.25, 0.3) is 0 Å². The van der Waals surface area contributed by atoms with E-state index in [4.69, 9.17) is 10.7 Å². The van der Waals surface area contributed by atoms with Crippen LogP contribution < -0.4 is 11.1 Å². The molecular weight excluding hydrogens is 413 g/mol. The molecule has 0 bridgehead atoms. The van der Waals surface area contributed by atoms with Gasteiger partial charge in [-0.25, -0.2) is 14.4 Å². The number of halogens is 1. The lowest BCUT2D eigenvalue weighted by atomic mass is 10.1. The van der Waals surface area contributed by atoms with Crippen LogP contribution in [0.2, 0.25) is 0 Å². The van der Waals surface area contributed by atoms with Crippen molar-refractivity contribution < 1.29 is 4.39 Å². The van der Waals surface area contributed by atoms with Crippen LogP contribution in [0.4, 0.5) is 10.3 Å². The summed E-state index contributed by atoms with van der Waals surface area (Å²) < 4.78 is 13.4. The van der Waals surface area contributed by atoms with Crippen LogP contribution in [0, 0.1) is 11.7 Å². The van der Waals surface area contributed by atoms with Crippen LogP contribution in [-0.4, -0.2) is 40.5 Å². The molecule has 174 valence electrons. The number of rotatable bonds is 12. The third kappa shape index (κ3) is 6.59.